The molecule has 1 aromatic rings. The number of benzene rings is 1. The van der Waals surface area contributed by atoms with Crippen LogP contribution in [0.2, 0.25) is 0 Å². The molecule has 1 heteroatoms. The smallest absolute Gasteiger partial charge is 0.0927 e. The molecule has 1 aromatic carbocycles. The second kappa shape index (κ2) is 8.78. The summed E-state index contributed by atoms with van der Waals surface area (Å²) in [4.78, 5) is 0. The molecule has 0 heterocycles. The van der Waals surface area contributed by atoms with Gasteiger partial charge in [-0.3, -0.25) is 0 Å². The van der Waals surface area contributed by atoms with Gasteiger partial charge in [0.1, 0.15) is 0 Å². The number of rotatable bonds is 7. The summed E-state index contributed by atoms with van der Waals surface area (Å²) in [6, 6.07) is 9.85. The summed E-state index contributed by atoms with van der Waals surface area (Å²) in [7, 11) is 0. The summed E-state index contributed by atoms with van der Waals surface area (Å²) < 4.78 is 0. The van der Waals surface area contributed by atoms with Gasteiger partial charge in [0.05, 0.1) is 12.0 Å². The van der Waals surface area contributed by atoms with Gasteiger partial charge in [-0.15, -0.1) is 5.92 Å². The van der Waals surface area contributed by atoms with E-state index in [0.29, 0.717) is 0 Å². The lowest BCUT2D eigenvalue weighted by molar-refractivity contribution is 0.129. The van der Waals surface area contributed by atoms with Gasteiger partial charge in [0.25, 0.3) is 0 Å². The highest BCUT2D eigenvalue weighted by Crippen LogP contribution is 2.26. The number of aliphatic hydroxyl groups excluding tert-OH is 1. The lowest BCUT2D eigenvalue weighted by Gasteiger charge is -2.18. The van der Waals surface area contributed by atoms with Crippen LogP contribution in [0.25, 0.3) is 0 Å². The van der Waals surface area contributed by atoms with Crippen LogP contribution in [-0.2, 0) is 0 Å². The minimum atomic E-state index is -0.458. The van der Waals surface area contributed by atoms with Gasteiger partial charge in [0.15, 0.2) is 0 Å². The minimum Gasteiger partial charge on any atom is -0.387 e. The predicted octanol–water partition coefficient (Wildman–Crippen LogP) is 4.33. The van der Waals surface area contributed by atoms with E-state index in [4.69, 9.17) is 0 Å². The number of hydrogen-bond acceptors (Lipinski definition) is 1. The Labute approximate surface area is 111 Å². The first-order valence-electron chi connectivity index (χ1n) is 6.94. The van der Waals surface area contributed by atoms with Crippen molar-refractivity contribution in [3.8, 4) is 11.8 Å². The molecule has 1 N–H and O–H groups in total. The van der Waals surface area contributed by atoms with Gasteiger partial charge in [-0.05, 0) is 18.9 Å². The van der Waals surface area contributed by atoms with Crippen LogP contribution in [0.5, 0.6) is 0 Å². The summed E-state index contributed by atoms with van der Waals surface area (Å²) in [6.45, 7) is 4.05. The van der Waals surface area contributed by atoms with Gasteiger partial charge in [-0.25, -0.2) is 0 Å². The second-order valence-electron chi connectivity index (χ2n) is 4.71. The van der Waals surface area contributed by atoms with Crippen LogP contribution < -0.4 is 0 Å². The minimum absolute atomic E-state index is 0.0641. The monoisotopic (exact) mass is 244 g/mol. The average molecular weight is 244 g/mol. The maximum absolute atomic E-state index is 10.4. The molecule has 0 fully saturated rings. The van der Waals surface area contributed by atoms with Crippen molar-refractivity contribution in [2.24, 2.45) is 5.92 Å². The van der Waals surface area contributed by atoms with E-state index in [1.54, 1.807) is 0 Å². The first kappa shape index (κ1) is 14.8. The van der Waals surface area contributed by atoms with Crippen molar-refractivity contribution in [3.63, 3.8) is 0 Å². The molecule has 18 heavy (non-hydrogen) atoms. The zero-order valence-corrected chi connectivity index (χ0v) is 11.5. The quantitative estimate of drug-likeness (QED) is 0.559. The first-order valence-corrected chi connectivity index (χ1v) is 6.94. The van der Waals surface area contributed by atoms with Crippen molar-refractivity contribution in [1.82, 2.24) is 0 Å². The summed E-state index contributed by atoms with van der Waals surface area (Å²) in [6.07, 6.45) is 5.42. The molecule has 2 atom stereocenters. The Kier molecular flexibility index (Phi) is 7.22. The van der Waals surface area contributed by atoms with Crippen LogP contribution in [0.1, 0.15) is 57.6 Å². The Bertz CT molecular complexity index is 372. The summed E-state index contributed by atoms with van der Waals surface area (Å²) >= 11 is 0. The third-order valence-electron chi connectivity index (χ3n) is 3.22. The maximum atomic E-state index is 10.4. The van der Waals surface area contributed by atoms with E-state index in [0.717, 1.165) is 18.4 Å². The van der Waals surface area contributed by atoms with Gasteiger partial charge < -0.3 is 5.11 Å². The third kappa shape index (κ3) is 4.94. The fraction of sp³-hybridized carbons (Fsp3) is 0.529. The molecule has 0 amide bonds. The van der Waals surface area contributed by atoms with Crippen molar-refractivity contribution in [1.29, 1.82) is 0 Å². The molecule has 0 aliphatic rings. The molecular weight excluding hydrogens is 220 g/mol. The molecule has 0 aliphatic carbocycles. The largest absolute Gasteiger partial charge is 0.387 e. The van der Waals surface area contributed by atoms with Crippen LogP contribution in [0.3, 0.4) is 0 Å². The second-order valence-corrected chi connectivity index (χ2v) is 4.71. The molecule has 2 unspecified atom stereocenters. The lowest BCUT2D eigenvalue weighted by Crippen LogP contribution is -2.11. The maximum Gasteiger partial charge on any atom is 0.0927 e. The molecule has 0 bridgehead atoms. The molecule has 0 radical (unpaired) electrons. The predicted molar refractivity (Wildman–Crippen MR) is 77.1 cm³/mol. The summed E-state index contributed by atoms with van der Waals surface area (Å²) in [5, 5.41) is 10.4. The number of hydrogen-bond donors (Lipinski definition) is 1. The van der Waals surface area contributed by atoms with Gasteiger partial charge in [-0.1, -0.05) is 68.9 Å². The van der Waals surface area contributed by atoms with E-state index in [1.807, 2.05) is 37.3 Å². The van der Waals surface area contributed by atoms with Crippen molar-refractivity contribution < 1.29 is 5.11 Å². The highest BCUT2D eigenvalue weighted by atomic mass is 16.3. The standard InChI is InChI=1S/C17H24O/c1-3-5-6-8-12-15(11-4-2)17(18)16-13-9-7-10-14-16/h7,9-10,13-15,17-18H,3,5-6,8,12H2,1-2H3. The first-order chi connectivity index (χ1) is 8.79. The molecule has 0 saturated carbocycles. The van der Waals surface area contributed by atoms with E-state index >= 15 is 0 Å². The fourth-order valence-corrected chi connectivity index (χ4v) is 2.17. The van der Waals surface area contributed by atoms with Gasteiger partial charge in [0.2, 0.25) is 0 Å². The Morgan fingerprint density at radius 3 is 2.44 bits per heavy atom. The van der Waals surface area contributed by atoms with E-state index in [9.17, 15) is 5.11 Å². The fourth-order valence-electron chi connectivity index (χ4n) is 2.17. The molecule has 1 rings (SSSR count). The normalized spacial score (nSPS) is 13.5. The van der Waals surface area contributed by atoms with Crippen LogP contribution >= 0.6 is 0 Å². The highest BCUT2D eigenvalue weighted by molar-refractivity contribution is 5.20. The molecule has 0 aromatic heterocycles. The molecule has 98 valence electrons. The highest BCUT2D eigenvalue weighted by Gasteiger charge is 2.18. The topological polar surface area (TPSA) is 20.2 Å². The Morgan fingerprint density at radius 2 is 1.83 bits per heavy atom. The zero-order chi connectivity index (χ0) is 13.2. The van der Waals surface area contributed by atoms with Crippen LogP contribution in [-0.4, -0.2) is 5.11 Å². The van der Waals surface area contributed by atoms with E-state index in [1.165, 1.54) is 19.3 Å². The van der Waals surface area contributed by atoms with Crippen molar-refractivity contribution in [3.05, 3.63) is 35.9 Å². The molecular formula is C17H24O. The summed E-state index contributed by atoms with van der Waals surface area (Å²) in [5.74, 6) is 6.17. The van der Waals surface area contributed by atoms with Crippen molar-refractivity contribution >= 4 is 0 Å². The van der Waals surface area contributed by atoms with E-state index < -0.39 is 6.10 Å². The molecule has 0 saturated heterocycles. The van der Waals surface area contributed by atoms with Gasteiger partial charge >= 0.3 is 0 Å². The Morgan fingerprint density at radius 1 is 1.11 bits per heavy atom. The lowest BCUT2D eigenvalue weighted by atomic mass is 9.91. The van der Waals surface area contributed by atoms with Gasteiger partial charge in [-0.2, -0.15) is 0 Å². The SMILES string of the molecule is CC#CC(CCCCCC)C(O)c1ccccc1. The average Bonchev–Trinajstić information content (AvgIpc) is 2.42. The number of unbranched alkanes of at least 4 members (excludes halogenated alkanes) is 3. The molecule has 0 aliphatic heterocycles. The summed E-state index contributed by atoms with van der Waals surface area (Å²) in [5.41, 5.74) is 0.973. The van der Waals surface area contributed by atoms with Gasteiger partial charge in [0, 0.05) is 0 Å². The number of aliphatic hydroxyl groups is 1. The van der Waals surface area contributed by atoms with Crippen LogP contribution in [0, 0.1) is 17.8 Å². The van der Waals surface area contributed by atoms with E-state index in [-0.39, 0.29) is 5.92 Å². The van der Waals surface area contributed by atoms with Crippen LogP contribution in [0.15, 0.2) is 30.3 Å². The molecule has 1 nitrogen and oxygen atoms in total. The van der Waals surface area contributed by atoms with E-state index in [2.05, 4.69) is 18.8 Å². The molecule has 0 spiro atoms. The van der Waals surface area contributed by atoms with Crippen molar-refractivity contribution in [2.75, 3.05) is 0 Å². The Balaban J connectivity index is 2.57. The van der Waals surface area contributed by atoms with Crippen LogP contribution in [0.4, 0.5) is 0 Å². The Hall–Kier alpha value is -1.26. The van der Waals surface area contributed by atoms with Crippen molar-refractivity contribution in [2.45, 2.75) is 52.1 Å². The third-order valence-corrected chi connectivity index (χ3v) is 3.22. The zero-order valence-electron chi connectivity index (χ0n) is 11.5.